The van der Waals surface area contributed by atoms with Crippen molar-refractivity contribution in [3.63, 3.8) is 0 Å². The average Bonchev–Trinajstić information content (AvgIpc) is 2.96. The molecule has 0 spiro atoms. The third kappa shape index (κ3) is 2.60. The van der Waals surface area contributed by atoms with E-state index < -0.39 is 0 Å². The second-order valence-electron chi connectivity index (χ2n) is 5.35. The lowest BCUT2D eigenvalue weighted by Gasteiger charge is -2.09. The van der Waals surface area contributed by atoms with Crippen molar-refractivity contribution in [3.8, 4) is 17.1 Å². The lowest BCUT2D eigenvalue weighted by Crippen LogP contribution is -2.00. The summed E-state index contributed by atoms with van der Waals surface area (Å²) in [6.45, 7) is 1.83. The molecule has 0 aliphatic carbocycles. The molecule has 0 saturated heterocycles. The zero-order valence-electron chi connectivity index (χ0n) is 12.7. The number of halogens is 2. The largest absolute Gasteiger partial charge is 0.277 e. The minimum absolute atomic E-state index is 0.366. The van der Waals surface area contributed by atoms with Crippen LogP contribution in [0.4, 0.5) is 0 Å². The molecule has 118 valence electrons. The maximum atomic E-state index is 6.31. The molecule has 2 aromatic carbocycles. The topological polar surface area (TPSA) is 43.6 Å². The van der Waals surface area contributed by atoms with Crippen molar-refractivity contribution < 1.29 is 0 Å². The second-order valence-corrected chi connectivity index (χ2v) is 6.62. The Labute approximate surface area is 152 Å². The molecule has 4 rings (SSSR count). The molecule has 4 nitrogen and oxygen atoms in total. The number of aryl methyl sites for hydroxylation is 1. The maximum absolute atomic E-state index is 6.31. The van der Waals surface area contributed by atoms with Gasteiger partial charge >= 0.3 is 0 Å². The monoisotopic (exact) mass is 398 g/mol. The zero-order chi connectivity index (χ0) is 16.7. The molecule has 0 saturated carbocycles. The van der Waals surface area contributed by atoms with Gasteiger partial charge in [-0.15, -0.1) is 0 Å². The first-order valence-corrected chi connectivity index (χ1v) is 8.54. The van der Waals surface area contributed by atoms with Crippen molar-refractivity contribution in [2.75, 3.05) is 0 Å². The lowest BCUT2D eigenvalue weighted by atomic mass is 10.2. The Hall–Kier alpha value is -2.24. The van der Waals surface area contributed by atoms with E-state index >= 15 is 0 Å². The summed E-state index contributed by atoms with van der Waals surface area (Å²) in [6.07, 6.45) is 0. The van der Waals surface area contributed by atoms with Crippen molar-refractivity contribution in [3.05, 3.63) is 70.0 Å². The molecule has 0 amide bonds. The van der Waals surface area contributed by atoms with Crippen LogP contribution in [-0.2, 0) is 0 Å². The van der Waals surface area contributed by atoms with Gasteiger partial charge in [0.15, 0.2) is 10.8 Å². The van der Waals surface area contributed by atoms with Gasteiger partial charge in [0.05, 0.1) is 0 Å². The molecule has 6 heteroatoms. The molecule has 0 unspecified atom stereocenters. The van der Waals surface area contributed by atoms with Crippen molar-refractivity contribution in [1.29, 1.82) is 0 Å². The summed E-state index contributed by atoms with van der Waals surface area (Å²) >= 11 is 9.79. The predicted octanol–water partition coefficient (Wildman–Crippen LogP) is 5.21. The van der Waals surface area contributed by atoms with E-state index in [1.165, 1.54) is 0 Å². The molecule has 2 heterocycles. The van der Waals surface area contributed by atoms with Crippen molar-refractivity contribution in [2.45, 2.75) is 6.92 Å². The summed E-state index contributed by atoms with van der Waals surface area (Å²) in [5.74, 6) is 1.40. The molecule has 0 aliphatic rings. The number of hydrogen-bond acceptors (Lipinski definition) is 3. The van der Waals surface area contributed by atoms with Gasteiger partial charge in [-0.25, -0.2) is 15.0 Å². The SMILES string of the molecule is Cc1nc(Cl)c2nc(-c3ccccc3)n(-c3ccc(Br)cc3)c2n1. The summed E-state index contributed by atoms with van der Waals surface area (Å²) in [5, 5.41) is 0.366. The Morgan fingerprint density at radius 1 is 0.917 bits per heavy atom. The number of aromatic nitrogens is 4. The van der Waals surface area contributed by atoms with Crippen LogP contribution in [0.5, 0.6) is 0 Å². The van der Waals surface area contributed by atoms with E-state index in [-0.39, 0.29) is 0 Å². The van der Waals surface area contributed by atoms with Gasteiger partial charge in [-0.2, -0.15) is 0 Å². The van der Waals surface area contributed by atoms with Crippen LogP contribution in [0.25, 0.3) is 28.2 Å². The fraction of sp³-hybridized carbons (Fsp3) is 0.0556. The second kappa shape index (κ2) is 6.00. The molecular weight excluding hydrogens is 388 g/mol. The van der Waals surface area contributed by atoms with Gasteiger partial charge in [-0.1, -0.05) is 57.9 Å². The van der Waals surface area contributed by atoms with Gasteiger partial charge in [0, 0.05) is 15.7 Å². The first-order chi connectivity index (χ1) is 11.6. The highest BCUT2D eigenvalue weighted by Gasteiger charge is 2.18. The summed E-state index contributed by atoms with van der Waals surface area (Å²) in [7, 11) is 0. The summed E-state index contributed by atoms with van der Waals surface area (Å²) < 4.78 is 3.03. The van der Waals surface area contributed by atoms with Crippen LogP contribution in [0, 0.1) is 6.92 Å². The Bertz CT molecular complexity index is 1030. The van der Waals surface area contributed by atoms with Crippen molar-refractivity contribution in [1.82, 2.24) is 19.5 Å². The standard InChI is InChI=1S/C18H12BrClN4/c1-11-21-16(20)15-18(22-11)24(14-9-7-13(19)8-10-14)17(23-15)12-5-3-2-4-6-12/h2-10H,1H3. The first-order valence-electron chi connectivity index (χ1n) is 7.37. The fourth-order valence-corrected chi connectivity index (χ4v) is 3.16. The summed E-state index contributed by atoms with van der Waals surface area (Å²) in [5.41, 5.74) is 3.26. The molecule has 24 heavy (non-hydrogen) atoms. The zero-order valence-corrected chi connectivity index (χ0v) is 15.1. The van der Waals surface area contributed by atoms with Crippen LogP contribution < -0.4 is 0 Å². The van der Waals surface area contributed by atoms with E-state index in [4.69, 9.17) is 16.6 Å². The van der Waals surface area contributed by atoms with Crippen LogP contribution in [0.1, 0.15) is 5.82 Å². The van der Waals surface area contributed by atoms with E-state index in [0.29, 0.717) is 22.1 Å². The molecule has 0 aliphatic heterocycles. The van der Waals surface area contributed by atoms with Crippen LogP contribution in [0.3, 0.4) is 0 Å². The Kier molecular flexibility index (Phi) is 3.82. The summed E-state index contributed by atoms with van der Waals surface area (Å²) in [4.78, 5) is 13.5. The highest BCUT2D eigenvalue weighted by atomic mass is 79.9. The van der Waals surface area contributed by atoms with Crippen LogP contribution in [0.15, 0.2) is 59.1 Å². The number of imidazole rings is 1. The predicted molar refractivity (Wildman–Crippen MR) is 99.5 cm³/mol. The molecule has 2 aromatic heterocycles. The molecule has 0 fully saturated rings. The van der Waals surface area contributed by atoms with Crippen LogP contribution in [-0.4, -0.2) is 19.5 Å². The Morgan fingerprint density at radius 2 is 1.62 bits per heavy atom. The quantitative estimate of drug-likeness (QED) is 0.435. The summed E-state index contributed by atoms with van der Waals surface area (Å²) in [6, 6.07) is 18.0. The van der Waals surface area contributed by atoms with E-state index in [1.54, 1.807) is 0 Å². The third-order valence-corrected chi connectivity index (χ3v) is 4.49. The molecule has 0 N–H and O–H groups in total. The van der Waals surface area contributed by atoms with E-state index in [9.17, 15) is 0 Å². The van der Waals surface area contributed by atoms with Gasteiger partial charge in [0.25, 0.3) is 0 Å². The van der Waals surface area contributed by atoms with Gasteiger partial charge in [0.2, 0.25) is 0 Å². The number of benzene rings is 2. The molecular formula is C18H12BrClN4. The maximum Gasteiger partial charge on any atom is 0.170 e. The molecule has 0 bridgehead atoms. The minimum atomic E-state index is 0.366. The Balaban J connectivity index is 2.09. The highest BCUT2D eigenvalue weighted by molar-refractivity contribution is 9.10. The van der Waals surface area contributed by atoms with Crippen molar-refractivity contribution >= 4 is 38.7 Å². The third-order valence-electron chi connectivity index (χ3n) is 3.69. The molecule has 0 radical (unpaired) electrons. The van der Waals surface area contributed by atoms with Crippen LogP contribution in [0.2, 0.25) is 5.15 Å². The van der Waals surface area contributed by atoms with Gasteiger partial charge in [0.1, 0.15) is 17.2 Å². The first kappa shape index (κ1) is 15.3. The lowest BCUT2D eigenvalue weighted by molar-refractivity contribution is 1.03. The molecule has 4 aromatic rings. The van der Waals surface area contributed by atoms with E-state index in [2.05, 4.69) is 25.9 Å². The van der Waals surface area contributed by atoms with Crippen molar-refractivity contribution in [2.24, 2.45) is 0 Å². The number of hydrogen-bond donors (Lipinski definition) is 0. The Morgan fingerprint density at radius 3 is 2.33 bits per heavy atom. The van der Waals surface area contributed by atoms with Gasteiger partial charge in [-0.05, 0) is 31.2 Å². The van der Waals surface area contributed by atoms with Gasteiger partial charge in [-0.3, -0.25) is 4.57 Å². The number of nitrogens with zero attached hydrogens (tertiary/aromatic N) is 4. The smallest absolute Gasteiger partial charge is 0.170 e. The average molecular weight is 400 g/mol. The fourth-order valence-electron chi connectivity index (χ4n) is 2.64. The number of rotatable bonds is 2. The van der Waals surface area contributed by atoms with E-state index in [1.807, 2.05) is 66.1 Å². The number of fused-ring (bicyclic) bond motifs is 1. The van der Waals surface area contributed by atoms with Gasteiger partial charge < -0.3 is 0 Å². The molecule has 0 atom stereocenters. The minimum Gasteiger partial charge on any atom is -0.277 e. The van der Waals surface area contributed by atoms with Crippen LogP contribution >= 0.6 is 27.5 Å². The van der Waals surface area contributed by atoms with E-state index in [0.717, 1.165) is 21.5 Å². The highest BCUT2D eigenvalue weighted by Crippen LogP contribution is 2.30. The normalized spacial score (nSPS) is 11.1.